The Balaban J connectivity index is 4.11. The number of carbonyl (C=O) groups excluding carboxylic acids is 3. The van der Waals surface area contributed by atoms with Crippen molar-refractivity contribution < 1.29 is 28.6 Å². The molecule has 0 saturated heterocycles. The van der Waals surface area contributed by atoms with E-state index in [1.54, 1.807) is 0 Å². The normalized spacial score (nSPS) is 10.1. The zero-order valence-electron chi connectivity index (χ0n) is 11.1. The van der Waals surface area contributed by atoms with Gasteiger partial charge in [0.15, 0.2) is 6.10 Å². The molecule has 0 aromatic carbocycles. The Kier molecular flexibility index (Phi) is 10.1. The molecule has 0 fully saturated rings. The second kappa shape index (κ2) is 10.8. The van der Waals surface area contributed by atoms with Gasteiger partial charge in [0.25, 0.3) is 0 Å². The number of ether oxygens (including phenoxy) is 3. The highest BCUT2D eigenvalue weighted by molar-refractivity contribution is 9.09. The summed E-state index contributed by atoms with van der Waals surface area (Å²) in [5.74, 6) is -1.36. The summed E-state index contributed by atoms with van der Waals surface area (Å²) < 4.78 is 14.6. The maximum absolute atomic E-state index is 11.5. The number of hydrogen-bond acceptors (Lipinski definition) is 6. The van der Waals surface area contributed by atoms with Crippen LogP contribution in [0.25, 0.3) is 0 Å². The van der Waals surface area contributed by atoms with Gasteiger partial charge in [-0.1, -0.05) is 15.9 Å². The van der Waals surface area contributed by atoms with Crippen LogP contribution < -0.4 is 0 Å². The molecule has 0 N–H and O–H groups in total. The minimum Gasteiger partial charge on any atom is -0.462 e. The standard InChI is InChI=1S/C12H19BrO6/c1-9(14)17-7-11(8-18-10(2)15)19-12(16)5-3-4-6-13/h11H,3-8H2,1-2H3. The summed E-state index contributed by atoms with van der Waals surface area (Å²) in [5, 5.41) is 0.824. The summed E-state index contributed by atoms with van der Waals surface area (Å²) in [6.45, 7) is 2.26. The SMILES string of the molecule is CC(=O)OCC(COC(C)=O)OC(=O)CCCCBr. The molecule has 0 heterocycles. The lowest BCUT2D eigenvalue weighted by molar-refractivity contribution is -0.165. The number of hydrogen-bond donors (Lipinski definition) is 0. The number of esters is 3. The van der Waals surface area contributed by atoms with Gasteiger partial charge < -0.3 is 14.2 Å². The van der Waals surface area contributed by atoms with Crippen molar-refractivity contribution in [1.82, 2.24) is 0 Å². The molecule has 110 valence electrons. The van der Waals surface area contributed by atoms with Crippen molar-refractivity contribution in [2.75, 3.05) is 18.5 Å². The Morgan fingerprint density at radius 2 is 1.53 bits per heavy atom. The predicted molar refractivity (Wildman–Crippen MR) is 70.8 cm³/mol. The molecule has 0 bridgehead atoms. The molecule has 0 aromatic heterocycles. The summed E-state index contributed by atoms with van der Waals surface area (Å²) in [5.41, 5.74) is 0. The quantitative estimate of drug-likeness (QED) is 0.275. The third kappa shape index (κ3) is 11.7. The first kappa shape index (κ1) is 17.9. The Labute approximate surface area is 120 Å². The fourth-order valence-corrected chi connectivity index (χ4v) is 1.54. The van der Waals surface area contributed by atoms with Crippen molar-refractivity contribution in [1.29, 1.82) is 0 Å². The third-order valence-corrected chi connectivity index (χ3v) is 2.57. The molecule has 0 radical (unpaired) electrons. The van der Waals surface area contributed by atoms with Gasteiger partial charge >= 0.3 is 17.9 Å². The summed E-state index contributed by atoms with van der Waals surface area (Å²) >= 11 is 3.26. The molecular weight excluding hydrogens is 320 g/mol. The third-order valence-electron chi connectivity index (χ3n) is 2.01. The molecule has 0 aliphatic carbocycles. The average molecular weight is 339 g/mol. The molecule has 0 aliphatic heterocycles. The molecule has 0 amide bonds. The van der Waals surface area contributed by atoms with Crippen molar-refractivity contribution in [3.8, 4) is 0 Å². The minimum absolute atomic E-state index is 0.118. The van der Waals surface area contributed by atoms with E-state index < -0.39 is 24.0 Å². The van der Waals surface area contributed by atoms with E-state index in [9.17, 15) is 14.4 Å². The van der Waals surface area contributed by atoms with Crippen molar-refractivity contribution in [3.63, 3.8) is 0 Å². The van der Waals surface area contributed by atoms with E-state index >= 15 is 0 Å². The van der Waals surface area contributed by atoms with E-state index in [4.69, 9.17) is 14.2 Å². The summed E-state index contributed by atoms with van der Waals surface area (Å²) in [7, 11) is 0. The fraction of sp³-hybridized carbons (Fsp3) is 0.750. The maximum atomic E-state index is 11.5. The molecule has 0 rings (SSSR count). The summed E-state index contributed by atoms with van der Waals surface area (Å²) in [6, 6.07) is 0. The molecule has 0 aliphatic rings. The van der Waals surface area contributed by atoms with Gasteiger partial charge in [0.2, 0.25) is 0 Å². The van der Waals surface area contributed by atoms with Gasteiger partial charge in [-0.15, -0.1) is 0 Å². The Morgan fingerprint density at radius 1 is 1.00 bits per heavy atom. The van der Waals surface area contributed by atoms with Crippen LogP contribution in [0.1, 0.15) is 33.1 Å². The van der Waals surface area contributed by atoms with E-state index in [1.165, 1.54) is 13.8 Å². The maximum Gasteiger partial charge on any atom is 0.306 e. The van der Waals surface area contributed by atoms with Crippen LogP contribution in [0.5, 0.6) is 0 Å². The number of unbranched alkanes of at least 4 members (excludes halogenated alkanes) is 1. The minimum atomic E-state index is -0.760. The molecule has 6 nitrogen and oxygen atoms in total. The molecule has 0 spiro atoms. The van der Waals surface area contributed by atoms with Crippen LogP contribution in [-0.2, 0) is 28.6 Å². The van der Waals surface area contributed by atoms with Crippen LogP contribution >= 0.6 is 15.9 Å². The lowest BCUT2D eigenvalue weighted by atomic mass is 10.2. The van der Waals surface area contributed by atoms with Crippen LogP contribution in [0.4, 0.5) is 0 Å². The second-order valence-electron chi connectivity index (χ2n) is 3.86. The second-order valence-corrected chi connectivity index (χ2v) is 4.66. The topological polar surface area (TPSA) is 78.9 Å². The molecule has 0 atom stereocenters. The van der Waals surface area contributed by atoms with Gasteiger partial charge in [-0.25, -0.2) is 0 Å². The van der Waals surface area contributed by atoms with Crippen molar-refractivity contribution >= 4 is 33.8 Å². The largest absolute Gasteiger partial charge is 0.462 e. The van der Waals surface area contributed by atoms with Crippen LogP contribution in [0.15, 0.2) is 0 Å². The van der Waals surface area contributed by atoms with E-state index in [0.29, 0.717) is 6.42 Å². The van der Waals surface area contributed by atoms with Crippen molar-refractivity contribution in [2.45, 2.75) is 39.2 Å². The lowest BCUT2D eigenvalue weighted by Gasteiger charge is -2.17. The van der Waals surface area contributed by atoms with E-state index in [0.717, 1.165) is 11.8 Å². The zero-order valence-corrected chi connectivity index (χ0v) is 12.7. The lowest BCUT2D eigenvalue weighted by Crippen LogP contribution is -2.30. The van der Waals surface area contributed by atoms with Crippen LogP contribution in [0, 0.1) is 0 Å². The van der Waals surface area contributed by atoms with Gasteiger partial charge in [0, 0.05) is 25.6 Å². The Morgan fingerprint density at radius 3 is 1.95 bits per heavy atom. The average Bonchev–Trinajstić information content (AvgIpc) is 2.32. The van der Waals surface area contributed by atoms with Gasteiger partial charge in [-0.05, 0) is 12.8 Å². The monoisotopic (exact) mass is 338 g/mol. The van der Waals surface area contributed by atoms with E-state index in [-0.39, 0.29) is 19.6 Å². The zero-order chi connectivity index (χ0) is 14.7. The smallest absolute Gasteiger partial charge is 0.306 e. The summed E-state index contributed by atoms with van der Waals surface area (Å²) in [6.07, 6.45) is 1.10. The number of rotatable bonds is 9. The highest BCUT2D eigenvalue weighted by Gasteiger charge is 2.17. The van der Waals surface area contributed by atoms with E-state index in [1.807, 2.05) is 0 Å². The fourth-order valence-electron chi connectivity index (χ4n) is 1.15. The Hall–Kier alpha value is -1.11. The van der Waals surface area contributed by atoms with Crippen LogP contribution in [-0.4, -0.2) is 42.6 Å². The number of alkyl halides is 1. The molecule has 0 unspecified atom stereocenters. The van der Waals surface area contributed by atoms with Crippen LogP contribution in [0.2, 0.25) is 0 Å². The first-order chi connectivity index (χ1) is 8.95. The van der Waals surface area contributed by atoms with Gasteiger partial charge in [-0.2, -0.15) is 0 Å². The molecule has 0 saturated carbocycles. The molecule has 19 heavy (non-hydrogen) atoms. The van der Waals surface area contributed by atoms with Gasteiger partial charge in [-0.3, -0.25) is 14.4 Å². The van der Waals surface area contributed by atoms with Crippen molar-refractivity contribution in [3.05, 3.63) is 0 Å². The molecule has 7 heteroatoms. The van der Waals surface area contributed by atoms with Gasteiger partial charge in [0.05, 0.1) is 0 Å². The molecule has 0 aromatic rings. The van der Waals surface area contributed by atoms with Crippen molar-refractivity contribution in [2.24, 2.45) is 0 Å². The highest BCUT2D eigenvalue weighted by atomic mass is 79.9. The van der Waals surface area contributed by atoms with E-state index in [2.05, 4.69) is 15.9 Å². The first-order valence-corrected chi connectivity index (χ1v) is 7.10. The Bertz CT molecular complexity index is 287. The van der Waals surface area contributed by atoms with Crippen LogP contribution in [0.3, 0.4) is 0 Å². The first-order valence-electron chi connectivity index (χ1n) is 5.98. The van der Waals surface area contributed by atoms with Gasteiger partial charge in [0.1, 0.15) is 13.2 Å². The predicted octanol–water partition coefficient (Wildman–Crippen LogP) is 1.59. The summed E-state index contributed by atoms with van der Waals surface area (Å²) in [4.78, 5) is 32.9. The highest BCUT2D eigenvalue weighted by Crippen LogP contribution is 2.04. The number of carbonyl (C=O) groups is 3. The number of halogens is 1. The molecular formula is C12H19BrO6.